The maximum Gasteiger partial charge on any atom is 0.0894 e. The molecule has 1 aliphatic heterocycles. The van der Waals surface area contributed by atoms with Crippen LogP contribution in [0.5, 0.6) is 0 Å². The van der Waals surface area contributed by atoms with Crippen molar-refractivity contribution in [3.63, 3.8) is 0 Å². The second-order valence-electron chi connectivity index (χ2n) is 2.53. The average Bonchev–Trinajstić information content (AvgIpc) is 1.90. The topological polar surface area (TPSA) is 32.3 Å². The van der Waals surface area contributed by atoms with Crippen molar-refractivity contribution in [3.8, 4) is 0 Å². The van der Waals surface area contributed by atoms with Gasteiger partial charge in [0.1, 0.15) is 0 Å². The van der Waals surface area contributed by atoms with Gasteiger partial charge in [-0.1, -0.05) is 6.58 Å². The van der Waals surface area contributed by atoms with Gasteiger partial charge in [0.25, 0.3) is 0 Å². The standard InChI is InChI=1S/C7H13NO/c1-6(9)7-3-2-4-8-5-7/h7-9H,1-5H2. The molecule has 0 aromatic heterocycles. The van der Waals surface area contributed by atoms with Crippen LogP contribution in [0.15, 0.2) is 12.3 Å². The second kappa shape index (κ2) is 2.87. The Kier molecular flexibility index (Phi) is 2.11. The van der Waals surface area contributed by atoms with Crippen LogP contribution in [0.25, 0.3) is 0 Å². The molecule has 0 amide bonds. The number of hydrogen-bond acceptors (Lipinski definition) is 2. The molecule has 2 N–H and O–H groups in total. The normalized spacial score (nSPS) is 27.8. The molecule has 1 heterocycles. The van der Waals surface area contributed by atoms with E-state index in [1.165, 1.54) is 0 Å². The van der Waals surface area contributed by atoms with Crippen LogP contribution in [-0.4, -0.2) is 18.2 Å². The van der Waals surface area contributed by atoms with Crippen molar-refractivity contribution in [1.82, 2.24) is 5.32 Å². The van der Waals surface area contributed by atoms with Crippen molar-refractivity contribution in [1.29, 1.82) is 0 Å². The molecule has 0 spiro atoms. The van der Waals surface area contributed by atoms with Crippen molar-refractivity contribution in [2.24, 2.45) is 5.92 Å². The van der Waals surface area contributed by atoms with E-state index in [4.69, 9.17) is 5.11 Å². The molecule has 0 radical (unpaired) electrons. The summed E-state index contributed by atoms with van der Waals surface area (Å²) >= 11 is 0. The lowest BCUT2D eigenvalue weighted by molar-refractivity contribution is 0.289. The third-order valence-corrected chi connectivity index (χ3v) is 1.77. The van der Waals surface area contributed by atoms with Crippen LogP contribution >= 0.6 is 0 Å². The highest BCUT2D eigenvalue weighted by Gasteiger charge is 2.14. The Labute approximate surface area is 55.6 Å². The second-order valence-corrected chi connectivity index (χ2v) is 2.53. The minimum absolute atomic E-state index is 0.304. The van der Waals surface area contributed by atoms with Gasteiger partial charge in [-0.3, -0.25) is 0 Å². The van der Waals surface area contributed by atoms with Crippen molar-refractivity contribution < 1.29 is 5.11 Å². The molecule has 1 rings (SSSR count). The molecule has 52 valence electrons. The average molecular weight is 127 g/mol. The van der Waals surface area contributed by atoms with E-state index in [0.29, 0.717) is 11.7 Å². The van der Waals surface area contributed by atoms with Gasteiger partial charge in [0.05, 0.1) is 5.76 Å². The minimum Gasteiger partial charge on any atom is -0.513 e. The highest BCUT2D eigenvalue weighted by atomic mass is 16.3. The van der Waals surface area contributed by atoms with Crippen molar-refractivity contribution in [2.75, 3.05) is 13.1 Å². The van der Waals surface area contributed by atoms with Crippen LogP contribution in [0.3, 0.4) is 0 Å². The Morgan fingerprint density at radius 1 is 1.67 bits per heavy atom. The van der Waals surface area contributed by atoms with E-state index in [2.05, 4.69) is 11.9 Å². The number of rotatable bonds is 1. The molecule has 0 aromatic carbocycles. The van der Waals surface area contributed by atoms with E-state index in [-0.39, 0.29) is 0 Å². The third-order valence-electron chi connectivity index (χ3n) is 1.77. The molecular formula is C7H13NO. The maximum atomic E-state index is 8.94. The fraction of sp³-hybridized carbons (Fsp3) is 0.714. The zero-order valence-corrected chi connectivity index (χ0v) is 5.56. The lowest BCUT2D eigenvalue weighted by atomic mass is 9.98. The van der Waals surface area contributed by atoms with Gasteiger partial charge < -0.3 is 10.4 Å². The zero-order chi connectivity index (χ0) is 6.69. The van der Waals surface area contributed by atoms with Crippen LogP contribution in [0.2, 0.25) is 0 Å². The van der Waals surface area contributed by atoms with Crippen LogP contribution in [0, 0.1) is 5.92 Å². The minimum atomic E-state index is 0.304. The summed E-state index contributed by atoms with van der Waals surface area (Å²) in [6.07, 6.45) is 2.24. The molecule has 1 unspecified atom stereocenters. The molecule has 0 aliphatic carbocycles. The molecule has 0 saturated carbocycles. The summed E-state index contributed by atoms with van der Waals surface area (Å²) in [7, 11) is 0. The number of aliphatic hydroxyl groups excluding tert-OH is 1. The van der Waals surface area contributed by atoms with Gasteiger partial charge in [0, 0.05) is 12.5 Å². The highest BCUT2D eigenvalue weighted by molar-refractivity contribution is 4.91. The van der Waals surface area contributed by atoms with Gasteiger partial charge in [-0.2, -0.15) is 0 Å². The first-order valence-electron chi connectivity index (χ1n) is 3.39. The van der Waals surface area contributed by atoms with Gasteiger partial charge in [-0.15, -0.1) is 0 Å². The summed E-state index contributed by atoms with van der Waals surface area (Å²) in [6.45, 7) is 5.48. The summed E-state index contributed by atoms with van der Waals surface area (Å²) < 4.78 is 0. The number of nitrogens with one attached hydrogen (secondary N) is 1. The summed E-state index contributed by atoms with van der Waals surface area (Å²) in [4.78, 5) is 0. The number of hydrogen-bond donors (Lipinski definition) is 2. The molecule has 0 aromatic rings. The first-order chi connectivity index (χ1) is 4.30. The Bertz CT molecular complexity index is 105. The Morgan fingerprint density at radius 2 is 2.44 bits per heavy atom. The van der Waals surface area contributed by atoms with Gasteiger partial charge >= 0.3 is 0 Å². The SMILES string of the molecule is C=C(O)C1CCCNC1. The third kappa shape index (κ3) is 1.72. The van der Waals surface area contributed by atoms with Crippen molar-refractivity contribution in [2.45, 2.75) is 12.8 Å². The zero-order valence-electron chi connectivity index (χ0n) is 5.56. The molecule has 0 bridgehead atoms. The first kappa shape index (κ1) is 6.62. The quantitative estimate of drug-likeness (QED) is 0.516. The fourth-order valence-electron chi connectivity index (χ4n) is 1.14. The lowest BCUT2D eigenvalue weighted by Gasteiger charge is -2.20. The molecule has 2 nitrogen and oxygen atoms in total. The molecule has 1 fully saturated rings. The maximum absolute atomic E-state index is 8.94. The van der Waals surface area contributed by atoms with E-state index in [1.54, 1.807) is 0 Å². The van der Waals surface area contributed by atoms with Gasteiger partial charge in [0.15, 0.2) is 0 Å². The number of piperidine rings is 1. The Balaban J connectivity index is 2.31. The molecule has 1 atom stereocenters. The fourth-order valence-corrected chi connectivity index (χ4v) is 1.14. The predicted molar refractivity (Wildman–Crippen MR) is 37.4 cm³/mol. The van der Waals surface area contributed by atoms with Crippen LogP contribution in [-0.2, 0) is 0 Å². The van der Waals surface area contributed by atoms with Crippen molar-refractivity contribution >= 4 is 0 Å². The summed E-state index contributed by atoms with van der Waals surface area (Å²) in [5.74, 6) is 0.640. The molecule has 1 aliphatic rings. The Hall–Kier alpha value is -0.500. The molecule has 2 heteroatoms. The van der Waals surface area contributed by atoms with E-state index in [1.807, 2.05) is 0 Å². The van der Waals surface area contributed by atoms with Crippen LogP contribution in [0.4, 0.5) is 0 Å². The lowest BCUT2D eigenvalue weighted by Crippen LogP contribution is -2.30. The van der Waals surface area contributed by atoms with E-state index >= 15 is 0 Å². The summed E-state index contributed by atoms with van der Waals surface area (Å²) in [5, 5.41) is 12.1. The van der Waals surface area contributed by atoms with E-state index in [0.717, 1.165) is 25.9 Å². The molecular weight excluding hydrogens is 114 g/mol. The van der Waals surface area contributed by atoms with Gasteiger partial charge in [0.2, 0.25) is 0 Å². The highest BCUT2D eigenvalue weighted by Crippen LogP contribution is 2.14. The van der Waals surface area contributed by atoms with E-state index < -0.39 is 0 Å². The summed E-state index contributed by atoms with van der Waals surface area (Å²) in [5.41, 5.74) is 0. The van der Waals surface area contributed by atoms with Crippen molar-refractivity contribution in [3.05, 3.63) is 12.3 Å². The first-order valence-corrected chi connectivity index (χ1v) is 3.39. The van der Waals surface area contributed by atoms with E-state index in [9.17, 15) is 0 Å². The van der Waals surface area contributed by atoms with Gasteiger partial charge in [-0.05, 0) is 19.4 Å². The predicted octanol–water partition coefficient (Wildman–Crippen LogP) is 1.06. The monoisotopic (exact) mass is 127 g/mol. The number of aliphatic hydroxyl groups is 1. The van der Waals surface area contributed by atoms with Gasteiger partial charge in [-0.25, -0.2) is 0 Å². The smallest absolute Gasteiger partial charge is 0.0894 e. The van der Waals surface area contributed by atoms with Crippen LogP contribution < -0.4 is 5.32 Å². The Morgan fingerprint density at radius 3 is 2.78 bits per heavy atom. The van der Waals surface area contributed by atoms with Crippen LogP contribution in [0.1, 0.15) is 12.8 Å². The summed E-state index contributed by atoms with van der Waals surface area (Å²) in [6, 6.07) is 0. The largest absolute Gasteiger partial charge is 0.513 e. The molecule has 1 saturated heterocycles. The molecule has 9 heavy (non-hydrogen) atoms.